The minimum absolute atomic E-state index is 0.151. The highest BCUT2D eigenvalue weighted by Gasteiger charge is 2.26. The van der Waals surface area contributed by atoms with Gasteiger partial charge in [0.25, 0.3) is 5.24 Å². The van der Waals surface area contributed by atoms with Gasteiger partial charge in [0.2, 0.25) is 5.91 Å². The Morgan fingerprint density at radius 2 is 2.29 bits per heavy atom. The van der Waals surface area contributed by atoms with Crippen LogP contribution in [-0.4, -0.2) is 26.8 Å². The lowest BCUT2D eigenvalue weighted by Gasteiger charge is -2.23. The summed E-state index contributed by atoms with van der Waals surface area (Å²) >= 11 is 1.16. The number of hydrogen-bond acceptors (Lipinski definition) is 6. The zero-order chi connectivity index (χ0) is 12.3. The standard InChI is InChI=1S/C10H12N4O2S/c11-13-8-3-1-2-7(12-8)6-14-9(15)4-5-17-10(14)16/h1-3H,4-6,11H2,(H,12,13). The smallest absolute Gasteiger partial charge is 0.288 e. The maximum absolute atomic E-state index is 11.6. The van der Waals surface area contributed by atoms with Crippen LogP contribution in [0.25, 0.3) is 0 Å². The number of nitrogen functional groups attached to an aromatic ring is 1. The third-order valence-corrected chi connectivity index (χ3v) is 3.21. The molecule has 7 heteroatoms. The van der Waals surface area contributed by atoms with Gasteiger partial charge in [-0.25, -0.2) is 10.8 Å². The quantitative estimate of drug-likeness (QED) is 0.615. The van der Waals surface area contributed by atoms with E-state index in [0.29, 0.717) is 23.7 Å². The summed E-state index contributed by atoms with van der Waals surface area (Å²) in [4.78, 5) is 28.5. The lowest BCUT2D eigenvalue weighted by Crippen LogP contribution is -2.37. The van der Waals surface area contributed by atoms with Crippen LogP contribution < -0.4 is 11.3 Å². The van der Waals surface area contributed by atoms with Gasteiger partial charge >= 0.3 is 0 Å². The van der Waals surface area contributed by atoms with Crippen LogP contribution >= 0.6 is 11.8 Å². The van der Waals surface area contributed by atoms with Crippen molar-refractivity contribution in [2.75, 3.05) is 11.2 Å². The van der Waals surface area contributed by atoms with Gasteiger partial charge in [0, 0.05) is 12.2 Å². The molecule has 17 heavy (non-hydrogen) atoms. The van der Waals surface area contributed by atoms with E-state index in [4.69, 9.17) is 5.84 Å². The summed E-state index contributed by atoms with van der Waals surface area (Å²) in [6.07, 6.45) is 0.394. The van der Waals surface area contributed by atoms with E-state index in [0.717, 1.165) is 11.8 Å². The summed E-state index contributed by atoms with van der Waals surface area (Å²) in [7, 11) is 0. The maximum atomic E-state index is 11.6. The van der Waals surface area contributed by atoms with E-state index in [-0.39, 0.29) is 17.7 Å². The van der Waals surface area contributed by atoms with Crippen molar-refractivity contribution in [1.29, 1.82) is 0 Å². The minimum atomic E-state index is -0.214. The van der Waals surface area contributed by atoms with Gasteiger partial charge in [-0.3, -0.25) is 14.5 Å². The van der Waals surface area contributed by atoms with Gasteiger partial charge in [-0.15, -0.1) is 0 Å². The number of carbonyl (C=O) groups is 2. The molecular formula is C10H12N4O2S. The van der Waals surface area contributed by atoms with Crippen molar-refractivity contribution in [2.45, 2.75) is 13.0 Å². The summed E-state index contributed by atoms with van der Waals surface area (Å²) in [5.41, 5.74) is 3.05. The molecule has 0 aliphatic carbocycles. The molecule has 1 aliphatic rings. The Balaban J connectivity index is 2.13. The normalized spacial score (nSPS) is 16.2. The number of anilines is 1. The third kappa shape index (κ3) is 2.75. The lowest BCUT2D eigenvalue weighted by atomic mass is 10.3. The van der Waals surface area contributed by atoms with E-state index in [1.165, 1.54) is 4.90 Å². The van der Waals surface area contributed by atoms with Crippen LogP contribution in [0.4, 0.5) is 10.6 Å². The predicted octanol–water partition coefficient (Wildman–Crippen LogP) is 0.953. The Hall–Kier alpha value is -1.60. The molecule has 0 radical (unpaired) electrons. The molecule has 6 nitrogen and oxygen atoms in total. The topological polar surface area (TPSA) is 88.3 Å². The van der Waals surface area contributed by atoms with Crippen molar-refractivity contribution < 1.29 is 9.59 Å². The van der Waals surface area contributed by atoms with E-state index in [1.54, 1.807) is 18.2 Å². The van der Waals surface area contributed by atoms with Crippen LogP contribution in [0.2, 0.25) is 0 Å². The number of nitrogens with two attached hydrogens (primary N) is 1. The van der Waals surface area contributed by atoms with Gasteiger partial charge in [-0.2, -0.15) is 0 Å². The molecule has 0 spiro atoms. The first kappa shape index (κ1) is 11.9. The molecule has 90 valence electrons. The molecule has 1 aliphatic heterocycles. The summed E-state index contributed by atoms with van der Waals surface area (Å²) in [6, 6.07) is 5.22. The highest BCUT2D eigenvalue weighted by atomic mass is 32.2. The number of imide groups is 1. The monoisotopic (exact) mass is 252 g/mol. The van der Waals surface area contributed by atoms with Gasteiger partial charge in [0.1, 0.15) is 5.82 Å². The van der Waals surface area contributed by atoms with E-state index >= 15 is 0 Å². The first-order valence-electron chi connectivity index (χ1n) is 5.10. The molecule has 1 fully saturated rings. The van der Waals surface area contributed by atoms with Gasteiger partial charge < -0.3 is 5.43 Å². The second-order valence-corrected chi connectivity index (χ2v) is 4.55. The largest absolute Gasteiger partial charge is 0.308 e. The number of hydrazine groups is 1. The highest BCUT2D eigenvalue weighted by Crippen LogP contribution is 2.20. The Kier molecular flexibility index (Phi) is 3.60. The van der Waals surface area contributed by atoms with Crippen molar-refractivity contribution in [3.05, 3.63) is 23.9 Å². The third-order valence-electron chi connectivity index (χ3n) is 2.34. The maximum Gasteiger partial charge on any atom is 0.288 e. The molecular weight excluding hydrogens is 240 g/mol. The number of nitrogens with zero attached hydrogens (tertiary/aromatic N) is 2. The number of rotatable bonds is 3. The molecule has 0 atom stereocenters. The van der Waals surface area contributed by atoms with Gasteiger partial charge in [0.05, 0.1) is 12.2 Å². The molecule has 2 heterocycles. The van der Waals surface area contributed by atoms with Crippen LogP contribution in [0.5, 0.6) is 0 Å². The molecule has 0 unspecified atom stereocenters. The minimum Gasteiger partial charge on any atom is -0.308 e. The Morgan fingerprint density at radius 3 is 3.00 bits per heavy atom. The van der Waals surface area contributed by atoms with Crippen molar-refractivity contribution in [3.63, 3.8) is 0 Å². The number of thioether (sulfide) groups is 1. The molecule has 0 bridgehead atoms. The highest BCUT2D eigenvalue weighted by molar-refractivity contribution is 8.13. The van der Waals surface area contributed by atoms with Crippen LogP contribution in [0.3, 0.4) is 0 Å². The fourth-order valence-corrected chi connectivity index (χ4v) is 2.28. The van der Waals surface area contributed by atoms with Crippen molar-refractivity contribution >= 4 is 28.7 Å². The Labute approximate surface area is 103 Å². The first-order valence-corrected chi connectivity index (χ1v) is 6.09. The van der Waals surface area contributed by atoms with E-state index in [9.17, 15) is 9.59 Å². The lowest BCUT2D eigenvalue weighted by molar-refractivity contribution is -0.128. The second kappa shape index (κ2) is 5.15. The molecule has 2 amide bonds. The average molecular weight is 252 g/mol. The number of hydrogen-bond donors (Lipinski definition) is 2. The van der Waals surface area contributed by atoms with Crippen LogP contribution in [0.15, 0.2) is 18.2 Å². The van der Waals surface area contributed by atoms with Crippen molar-refractivity contribution in [2.24, 2.45) is 5.84 Å². The first-order chi connectivity index (χ1) is 8.20. The number of carbonyl (C=O) groups excluding carboxylic acids is 2. The fraction of sp³-hybridized carbons (Fsp3) is 0.300. The number of nitrogens with one attached hydrogen (secondary N) is 1. The molecule has 1 aromatic rings. The summed E-state index contributed by atoms with van der Waals surface area (Å²) in [5, 5.41) is -0.214. The zero-order valence-electron chi connectivity index (χ0n) is 9.05. The van der Waals surface area contributed by atoms with Gasteiger partial charge in [-0.05, 0) is 12.1 Å². The molecule has 2 rings (SSSR count). The van der Waals surface area contributed by atoms with E-state index < -0.39 is 0 Å². The molecule has 1 aromatic heterocycles. The number of pyridine rings is 1. The summed E-state index contributed by atoms with van der Waals surface area (Å²) in [5.74, 6) is 6.16. The zero-order valence-corrected chi connectivity index (χ0v) is 9.87. The number of amides is 2. The molecule has 0 aromatic carbocycles. The van der Waals surface area contributed by atoms with Crippen molar-refractivity contribution in [3.8, 4) is 0 Å². The molecule has 3 N–H and O–H groups in total. The summed E-state index contributed by atoms with van der Waals surface area (Å²) < 4.78 is 0. The van der Waals surface area contributed by atoms with E-state index in [2.05, 4.69) is 10.4 Å². The molecule has 0 saturated carbocycles. The van der Waals surface area contributed by atoms with E-state index in [1.807, 2.05) is 0 Å². The van der Waals surface area contributed by atoms with Crippen molar-refractivity contribution in [1.82, 2.24) is 9.88 Å². The van der Waals surface area contributed by atoms with Gasteiger partial charge in [-0.1, -0.05) is 17.8 Å². The SMILES string of the molecule is NNc1cccc(CN2C(=O)CCSC2=O)n1. The fourth-order valence-electron chi connectivity index (χ4n) is 1.50. The Bertz CT molecular complexity index is 436. The predicted molar refractivity (Wildman–Crippen MR) is 65.1 cm³/mol. The van der Waals surface area contributed by atoms with Gasteiger partial charge in [0.15, 0.2) is 0 Å². The number of aromatic nitrogens is 1. The van der Waals surface area contributed by atoms with Crippen LogP contribution in [0.1, 0.15) is 12.1 Å². The second-order valence-electron chi connectivity index (χ2n) is 3.50. The average Bonchev–Trinajstić information content (AvgIpc) is 2.34. The molecule has 1 saturated heterocycles. The van der Waals surface area contributed by atoms with Crippen LogP contribution in [-0.2, 0) is 11.3 Å². The Morgan fingerprint density at radius 1 is 1.47 bits per heavy atom. The summed E-state index contributed by atoms with van der Waals surface area (Å²) in [6.45, 7) is 0.195. The van der Waals surface area contributed by atoms with Crippen LogP contribution in [0, 0.1) is 0 Å².